The van der Waals surface area contributed by atoms with Crippen molar-refractivity contribution >= 4 is 50.8 Å². The number of aryl methyl sites for hydroxylation is 1. The monoisotopic (exact) mass is 591 g/mol. The molecule has 0 spiro atoms. The van der Waals surface area contributed by atoms with Gasteiger partial charge in [0.05, 0.1) is 5.56 Å². The van der Waals surface area contributed by atoms with E-state index in [-0.39, 0.29) is 15.3 Å². The van der Waals surface area contributed by atoms with E-state index in [1.165, 1.54) is 6.07 Å². The maximum absolute atomic E-state index is 14.1. The van der Waals surface area contributed by atoms with Crippen molar-refractivity contribution in [1.29, 1.82) is 5.26 Å². The Balaban J connectivity index is 1.46. The molecule has 2 unspecified atom stereocenters. The van der Waals surface area contributed by atoms with Gasteiger partial charge >= 0.3 is 0 Å². The predicted octanol–water partition coefficient (Wildman–Crippen LogP) is 4.05. The zero-order valence-electron chi connectivity index (χ0n) is 19.9. The van der Waals surface area contributed by atoms with Crippen molar-refractivity contribution in [2.24, 2.45) is 0 Å². The van der Waals surface area contributed by atoms with Crippen LogP contribution in [0.5, 0.6) is 0 Å². The van der Waals surface area contributed by atoms with Crippen LogP contribution in [0.1, 0.15) is 28.9 Å². The molecule has 198 valence electrons. The highest BCUT2D eigenvalue weighted by atomic mass is 32.2. The van der Waals surface area contributed by atoms with Crippen LogP contribution in [0.2, 0.25) is 0 Å². The topological polar surface area (TPSA) is 134 Å². The van der Waals surface area contributed by atoms with E-state index in [0.29, 0.717) is 16.2 Å². The zero-order valence-corrected chi connectivity index (χ0v) is 23.2. The summed E-state index contributed by atoms with van der Waals surface area (Å²) in [5, 5.41) is 9.56. The van der Waals surface area contributed by atoms with Gasteiger partial charge in [-0.1, -0.05) is 18.2 Å². The zero-order chi connectivity index (χ0) is 27.3. The largest absolute Gasteiger partial charge is 0.777 e. The second kappa shape index (κ2) is 12.1. The Hall–Kier alpha value is -2.62. The lowest BCUT2D eigenvalue weighted by Crippen LogP contribution is -2.32. The van der Waals surface area contributed by atoms with Crippen molar-refractivity contribution in [1.82, 2.24) is 4.72 Å². The Kier molecular flexibility index (Phi) is 9.00. The minimum atomic E-state index is -5.33. The van der Waals surface area contributed by atoms with Crippen LogP contribution in [0, 0.1) is 17.1 Å². The number of thioether (sulfide) groups is 1. The molecule has 2 atom stereocenters. The molecule has 2 heterocycles. The lowest BCUT2D eigenvalue weighted by Gasteiger charge is -2.28. The number of rotatable bonds is 11. The van der Waals surface area contributed by atoms with Crippen molar-refractivity contribution in [2.45, 2.75) is 28.7 Å². The molecule has 0 aliphatic carbocycles. The van der Waals surface area contributed by atoms with Crippen molar-refractivity contribution in [2.75, 3.05) is 5.75 Å². The fourth-order valence-electron chi connectivity index (χ4n) is 3.73. The highest BCUT2D eigenvalue weighted by molar-refractivity contribution is 7.98. The van der Waals surface area contributed by atoms with Gasteiger partial charge in [0.15, 0.2) is 20.0 Å². The molecule has 4 rings (SSSR count). The van der Waals surface area contributed by atoms with Crippen LogP contribution in [0.25, 0.3) is 10.1 Å². The molecule has 2 aromatic heterocycles. The van der Waals surface area contributed by atoms with E-state index in [9.17, 15) is 27.2 Å². The molecule has 0 aliphatic rings. The average Bonchev–Trinajstić information content (AvgIpc) is 3.32. The molecule has 13 heteroatoms. The molecule has 0 amide bonds. The number of halogens is 1. The van der Waals surface area contributed by atoms with Gasteiger partial charge in [0.25, 0.3) is 10.0 Å². The highest BCUT2D eigenvalue weighted by Gasteiger charge is 2.30. The van der Waals surface area contributed by atoms with Crippen LogP contribution in [0.15, 0.2) is 77.3 Å². The number of nitriles is 1. The molecule has 2 aromatic carbocycles. The standard InChI is InChI=1S/C25H23FN3O5PS3/c26-22-14-19(6-7-20(22)16-27)25(35(30,31)32)28-38(33,34)24-15-21-13-18(5-8-23(21)37-24)17-36-12-4-11-29-9-2-1-3-10-29/h1-3,5-10,13-15,25,28H,4,11-12,17H2,(H-,30,31,32). The van der Waals surface area contributed by atoms with Gasteiger partial charge in [-0.05, 0) is 52.6 Å². The fourth-order valence-corrected chi connectivity index (χ4v) is 8.57. The maximum atomic E-state index is 14.1. The van der Waals surface area contributed by atoms with Crippen LogP contribution < -0.4 is 14.2 Å². The summed E-state index contributed by atoms with van der Waals surface area (Å²) < 4.78 is 56.8. The van der Waals surface area contributed by atoms with E-state index < -0.39 is 29.2 Å². The summed E-state index contributed by atoms with van der Waals surface area (Å²) in [7, 11) is -9.73. The Morgan fingerprint density at radius 3 is 2.63 bits per heavy atom. The van der Waals surface area contributed by atoms with E-state index >= 15 is 0 Å². The predicted molar refractivity (Wildman–Crippen MR) is 143 cm³/mol. The first kappa shape index (κ1) is 28.4. The first-order chi connectivity index (χ1) is 18.1. The van der Waals surface area contributed by atoms with Gasteiger partial charge in [-0.15, -0.1) is 11.3 Å². The fraction of sp³-hybridized carbons (Fsp3) is 0.200. The normalized spacial score (nSPS) is 14.2. The van der Waals surface area contributed by atoms with Crippen LogP contribution in [0.4, 0.5) is 4.39 Å². The first-order valence-electron chi connectivity index (χ1n) is 11.4. The Morgan fingerprint density at radius 1 is 1.18 bits per heavy atom. The summed E-state index contributed by atoms with van der Waals surface area (Å²) in [4.78, 5) is 21.7. The molecule has 8 nitrogen and oxygen atoms in total. The SMILES string of the molecule is N#Cc1ccc(C(NS(=O)(=O)c2cc3cc(CSCCC[n+]4ccccc4)ccc3s2)P(=O)([O-])O)cc1F. The summed E-state index contributed by atoms with van der Waals surface area (Å²) >= 11 is 2.72. The number of fused-ring (bicyclic) bond motifs is 1. The third-order valence-electron chi connectivity index (χ3n) is 5.60. The molecular weight excluding hydrogens is 568 g/mol. The van der Waals surface area contributed by atoms with Gasteiger partial charge in [0.1, 0.15) is 28.4 Å². The number of aromatic nitrogens is 1. The number of pyridine rings is 1. The van der Waals surface area contributed by atoms with Crippen molar-refractivity contribution in [3.8, 4) is 6.07 Å². The van der Waals surface area contributed by atoms with Crippen molar-refractivity contribution < 1.29 is 31.7 Å². The van der Waals surface area contributed by atoms with Gasteiger partial charge in [0.2, 0.25) is 0 Å². The molecular formula is C25H23FN3O5PS3. The third kappa shape index (κ3) is 7.07. The molecule has 2 N–H and O–H groups in total. The number of benzene rings is 2. The van der Waals surface area contributed by atoms with E-state index in [4.69, 9.17) is 5.26 Å². The summed E-state index contributed by atoms with van der Waals surface area (Å²) in [6.07, 6.45) is 5.06. The molecule has 38 heavy (non-hydrogen) atoms. The number of hydrogen-bond acceptors (Lipinski definition) is 7. The number of sulfonamides is 1. The maximum Gasteiger partial charge on any atom is 0.251 e. The molecule has 4 aromatic rings. The Bertz CT molecular complexity index is 1640. The number of thiophene rings is 1. The van der Waals surface area contributed by atoms with Crippen LogP contribution in [0.3, 0.4) is 0 Å². The molecule has 0 bridgehead atoms. The quantitative estimate of drug-likeness (QED) is 0.153. The van der Waals surface area contributed by atoms with E-state index in [2.05, 4.69) is 4.57 Å². The lowest BCUT2D eigenvalue weighted by atomic mass is 10.1. The summed E-state index contributed by atoms with van der Waals surface area (Å²) in [6.45, 7) is 0.922. The Labute approximate surface area is 228 Å². The second-order valence-electron chi connectivity index (χ2n) is 8.40. The molecule has 0 aliphatic heterocycles. The minimum absolute atomic E-state index is 0.148. The van der Waals surface area contributed by atoms with Crippen molar-refractivity contribution in [3.63, 3.8) is 0 Å². The number of nitrogens with one attached hydrogen (secondary N) is 1. The Morgan fingerprint density at radius 2 is 1.95 bits per heavy atom. The first-order valence-corrected chi connectivity index (χ1v) is 16.5. The third-order valence-corrected chi connectivity index (χ3v) is 11.0. The minimum Gasteiger partial charge on any atom is -0.777 e. The molecule has 0 saturated heterocycles. The van der Waals surface area contributed by atoms with Gasteiger partial charge in [-0.3, -0.25) is 0 Å². The van der Waals surface area contributed by atoms with Crippen LogP contribution in [-0.2, 0) is 26.9 Å². The highest BCUT2D eigenvalue weighted by Crippen LogP contribution is 2.47. The molecule has 0 saturated carbocycles. The smallest absolute Gasteiger partial charge is 0.251 e. The molecule has 0 radical (unpaired) electrons. The van der Waals surface area contributed by atoms with E-state index in [1.807, 2.05) is 53.5 Å². The summed E-state index contributed by atoms with van der Waals surface area (Å²) in [5.41, 5.74) is 0.328. The average molecular weight is 592 g/mol. The van der Waals surface area contributed by atoms with Crippen LogP contribution in [-0.4, -0.2) is 19.1 Å². The summed E-state index contributed by atoms with van der Waals surface area (Å²) in [5.74, 6) is -1.45. The van der Waals surface area contributed by atoms with Gasteiger partial charge in [0, 0.05) is 29.0 Å². The van der Waals surface area contributed by atoms with Gasteiger partial charge < -0.3 is 14.4 Å². The van der Waals surface area contributed by atoms with E-state index in [1.54, 1.807) is 17.8 Å². The van der Waals surface area contributed by atoms with E-state index in [0.717, 1.165) is 53.5 Å². The summed E-state index contributed by atoms with van der Waals surface area (Å²) in [6, 6.07) is 17.4. The van der Waals surface area contributed by atoms with Gasteiger partial charge in [-0.2, -0.15) is 21.7 Å². The number of nitrogens with zero attached hydrogens (tertiary/aromatic N) is 2. The van der Waals surface area contributed by atoms with Crippen LogP contribution >= 0.6 is 30.7 Å². The second-order valence-corrected chi connectivity index (χ2v) is 14.2. The molecule has 0 fully saturated rings. The number of hydrogen-bond donors (Lipinski definition) is 2. The lowest BCUT2D eigenvalue weighted by molar-refractivity contribution is -0.696. The van der Waals surface area contributed by atoms with Crippen molar-refractivity contribution in [3.05, 3.63) is 95.6 Å². The van der Waals surface area contributed by atoms with Gasteiger partial charge in [-0.25, -0.2) is 17.4 Å².